The highest BCUT2D eigenvalue weighted by Crippen LogP contribution is 1.93. The summed E-state index contributed by atoms with van der Waals surface area (Å²) in [5.74, 6) is -0.155. The summed E-state index contributed by atoms with van der Waals surface area (Å²) in [6, 6.07) is 0. The van der Waals surface area contributed by atoms with Gasteiger partial charge >= 0.3 is 0 Å². The van der Waals surface area contributed by atoms with Crippen LogP contribution >= 0.6 is 0 Å². The van der Waals surface area contributed by atoms with Crippen LogP contribution in [0.3, 0.4) is 0 Å². The van der Waals surface area contributed by atoms with Crippen LogP contribution in [0.15, 0.2) is 24.0 Å². The summed E-state index contributed by atoms with van der Waals surface area (Å²) in [6.07, 6.45) is 4.59. The smallest absolute Gasteiger partial charge is 0.180 e. The summed E-state index contributed by atoms with van der Waals surface area (Å²) < 4.78 is 0. The van der Waals surface area contributed by atoms with Crippen molar-refractivity contribution in [1.29, 1.82) is 0 Å². The highest BCUT2D eigenvalue weighted by molar-refractivity contribution is 5.90. The summed E-state index contributed by atoms with van der Waals surface area (Å²) in [7, 11) is 0. The molecule has 3 heteroatoms. The van der Waals surface area contributed by atoms with Crippen LogP contribution in [-0.2, 0) is 4.79 Å². The number of carbonyl (C=O) groups is 1. The first-order chi connectivity index (χ1) is 5.20. The van der Waals surface area contributed by atoms with Crippen molar-refractivity contribution in [1.82, 2.24) is 0 Å². The molecule has 62 valence electrons. The van der Waals surface area contributed by atoms with Crippen LogP contribution in [0.25, 0.3) is 0 Å². The van der Waals surface area contributed by atoms with E-state index in [1.165, 1.54) is 18.2 Å². The van der Waals surface area contributed by atoms with Crippen molar-refractivity contribution in [2.24, 2.45) is 0 Å². The molecule has 0 amide bonds. The van der Waals surface area contributed by atoms with Crippen molar-refractivity contribution in [3.63, 3.8) is 0 Å². The minimum atomic E-state index is -0.489. The maximum absolute atomic E-state index is 10.4. The summed E-state index contributed by atoms with van der Waals surface area (Å²) >= 11 is 0. The first-order valence-electron chi connectivity index (χ1n) is 3.40. The maximum atomic E-state index is 10.4. The zero-order valence-corrected chi connectivity index (χ0v) is 6.45. The van der Waals surface area contributed by atoms with Gasteiger partial charge in [-0.3, -0.25) is 4.79 Å². The van der Waals surface area contributed by atoms with Gasteiger partial charge in [0.1, 0.15) is 6.61 Å². The molecule has 0 aliphatic rings. The molecule has 0 saturated heterocycles. The Labute approximate surface area is 65.7 Å². The van der Waals surface area contributed by atoms with Crippen molar-refractivity contribution in [3.8, 4) is 0 Å². The van der Waals surface area contributed by atoms with E-state index < -0.39 is 6.61 Å². The largest absolute Gasteiger partial charge is 0.512 e. The standard InChI is InChI=1S/C8H12O3/c1-2-7(10)4-3-5-8(11)6-9/h3-5,9-10H,2,6H2,1H3. The lowest BCUT2D eigenvalue weighted by Gasteiger charge is -1.88. The lowest BCUT2D eigenvalue weighted by molar-refractivity contribution is -0.117. The molecule has 0 heterocycles. The van der Waals surface area contributed by atoms with Gasteiger partial charge in [-0.1, -0.05) is 13.0 Å². The van der Waals surface area contributed by atoms with E-state index in [1.54, 1.807) is 6.92 Å². The number of aliphatic hydroxyl groups is 2. The average Bonchev–Trinajstić information content (AvgIpc) is 2.04. The monoisotopic (exact) mass is 156 g/mol. The number of carbonyl (C=O) groups excluding carboxylic acids is 1. The molecule has 0 spiro atoms. The van der Waals surface area contributed by atoms with E-state index >= 15 is 0 Å². The topological polar surface area (TPSA) is 57.5 Å². The van der Waals surface area contributed by atoms with Gasteiger partial charge in [-0.05, 0) is 12.2 Å². The summed E-state index contributed by atoms with van der Waals surface area (Å²) in [5.41, 5.74) is 0. The van der Waals surface area contributed by atoms with Crippen LogP contribution in [0.2, 0.25) is 0 Å². The van der Waals surface area contributed by atoms with E-state index in [-0.39, 0.29) is 11.5 Å². The first kappa shape index (κ1) is 9.91. The van der Waals surface area contributed by atoms with E-state index in [9.17, 15) is 4.79 Å². The van der Waals surface area contributed by atoms with Gasteiger partial charge in [-0.2, -0.15) is 0 Å². The molecule has 3 nitrogen and oxygen atoms in total. The van der Waals surface area contributed by atoms with E-state index in [1.807, 2.05) is 0 Å². The van der Waals surface area contributed by atoms with Crippen LogP contribution in [0, 0.1) is 0 Å². The Morgan fingerprint density at radius 3 is 2.64 bits per heavy atom. The number of rotatable bonds is 4. The van der Waals surface area contributed by atoms with E-state index in [4.69, 9.17) is 10.2 Å². The third-order valence-corrected chi connectivity index (χ3v) is 1.09. The Hall–Kier alpha value is -1.09. The Kier molecular flexibility index (Phi) is 5.11. The highest BCUT2D eigenvalue weighted by Gasteiger charge is 1.88. The third kappa shape index (κ3) is 5.36. The van der Waals surface area contributed by atoms with Gasteiger partial charge in [0, 0.05) is 6.42 Å². The molecule has 0 aromatic carbocycles. The highest BCUT2D eigenvalue weighted by atomic mass is 16.3. The number of hydrogen-bond acceptors (Lipinski definition) is 3. The second-order valence-corrected chi connectivity index (χ2v) is 2.00. The Bertz CT molecular complexity index is 180. The van der Waals surface area contributed by atoms with Crippen LogP contribution in [0.1, 0.15) is 13.3 Å². The summed E-state index contributed by atoms with van der Waals surface area (Å²) in [5, 5.41) is 17.2. The van der Waals surface area contributed by atoms with E-state index in [0.717, 1.165) is 0 Å². The molecule has 0 radical (unpaired) electrons. The molecular formula is C8H12O3. The van der Waals surface area contributed by atoms with Gasteiger partial charge in [0.2, 0.25) is 0 Å². The van der Waals surface area contributed by atoms with Gasteiger partial charge in [0.05, 0.1) is 5.76 Å². The Morgan fingerprint density at radius 2 is 2.18 bits per heavy atom. The van der Waals surface area contributed by atoms with Crippen molar-refractivity contribution in [2.45, 2.75) is 13.3 Å². The predicted octanol–water partition coefficient (Wildman–Crippen LogP) is 0.956. The molecule has 0 aromatic rings. The predicted molar refractivity (Wildman–Crippen MR) is 42.2 cm³/mol. The second kappa shape index (κ2) is 5.68. The molecule has 0 fully saturated rings. The second-order valence-electron chi connectivity index (χ2n) is 2.00. The minimum Gasteiger partial charge on any atom is -0.512 e. The zero-order valence-electron chi connectivity index (χ0n) is 6.45. The fraction of sp³-hybridized carbons (Fsp3) is 0.375. The minimum absolute atomic E-state index is 0.215. The quantitative estimate of drug-likeness (QED) is 0.362. The van der Waals surface area contributed by atoms with Crippen LogP contribution < -0.4 is 0 Å². The number of ketones is 1. The van der Waals surface area contributed by atoms with Crippen molar-refractivity contribution >= 4 is 5.78 Å². The van der Waals surface area contributed by atoms with Gasteiger partial charge in [-0.15, -0.1) is 0 Å². The van der Waals surface area contributed by atoms with Crippen molar-refractivity contribution < 1.29 is 15.0 Å². The van der Waals surface area contributed by atoms with Crippen LogP contribution in [0.5, 0.6) is 0 Å². The fourth-order valence-electron chi connectivity index (χ4n) is 0.437. The summed E-state index contributed by atoms with van der Waals surface area (Å²) in [6.45, 7) is 1.31. The fourth-order valence-corrected chi connectivity index (χ4v) is 0.437. The molecule has 0 saturated carbocycles. The number of hydrogen-bond donors (Lipinski definition) is 2. The van der Waals surface area contributed by atoms with Gasteiger partial charge < -0.3 is 10.2 Å². The molecule has 2 N–H and O–H groups in total. The molecular weight excluding hydrogens is 144 g/mol. The summed E-state index contributed by atoms with van der Waals surface area (Å²) in [4.78, 5) is 10.4. The van der Waals surface area contributed by atoms with Crippen molar-refractivity contribution in [3.05, 3.63) is 24.0 Å². The normalized spacial score (nSPS) is 12.4. The third-order valence-electron chi connectivity index (χ3n) is 1.09. The molecule has 11 heavy (non-hydrogen) atoms. The molecule has 0 atom stereocenters. The maximum Gasteiger partial charge on any atom is 0.180 e. The molecule has 0 rings (SSSR count). The number of allylic oxidation sites excluding steroid dienone is 3. The number of aliphatic hydroxyl groups excluding tert-OH is 2. The molecule has 0 aliphatic heterocycles. The Balaban J connectivity index is 3.85. The van der Waals surface area contributed by atoms with Crippen LogP contribution in [-0.4, -0.2) is 22.6 Å². The van der Waals surface area contributed by atoms with Crippen LogP contribution in [0.4, 0.5) is 0 Å². The molecule has 0 aliphatic carbocycles. The first-order valence-corrected chi connectivity index (χ1v) is 3.40. The average molecular weight is 156 g/mol. The van der Waals surface area contributed by atoms with Gasteiger partial charge in [0.25, 0.3) is 0 Å². The Morgan fingerprint density at radius 1 is 1.55 bits per heavy atom. The molecule has 0 aromatic heterocycles. The molecule has 0 bridgehead atoms. The van der Waals surface area contributed by atoms with Crippen molar-refractivity contribution in [2.75, 3.05) is 6.61 Å². The van der Waals surface area contributed by atoms with E-state index in [0.29, 0.717) is 6.42 Å². The van der Waals surface area contributed by atoms with E-state index in [2.05, 4.69) is 0 Å². The van der Waals surface area contributed by atoms with Gasteiger partial charge in [-0.25, -0.2) is 0 Å². The lowest BCUT2D eigenvalue weighted by atomic mass is 10.3. The SMILES string of the molecule is CCC(O)=CC=CC(=O)CO. The molecule has 0 unspecified atom stereocenters. The lowest BCUT2D eigenvalue weighted by Crippen LogP contribution is -1.97. The van der Waals surface area contributed by atoms with Gasteiger partial charge in [0.15, 0.2) is 5.78 Å². The zero-order chi connectivity index (χ0) is 8.69.